The fraction of sp³-hybridized carbons (Fsp3) is 0.235. The SMILES string of the molecule is CC(NCCc1ncc[nH]1)c1ccc2ccccc2c1O. The van der Waals surface area contributed by atoms with Gasteiger partial charge >= 0.3 is 0 Å². The Labute approximate surface area is 123 Å². The first kappa shape index (κ1) is 13.6. The number of benzene rings is 2. The largest absolute Gasteiger partial charge is 0.507 e. The fourth-order valence-electron chi connectivity index (χ4n) is 2.57. The molecule has 0 radical (unpaired) electrons. The van der Waals surface area contributed by atoms with Crippen molar-refractivity contribution in [2.75, 3.05) is 6.54 Å². The summed E-state index contributed by atoms with van der Waals surface area (Å²) in [6, 6.07) is 12.0. The molecule has 0 fully saturated rings. The number of nitrogens with zero attached hydrogens (tertiary/aromatic N) is 1. The van der Waals surface area contributed by atoms with Crippen molar-refractivity contribution in [3.63, 3.8) is 0 Å². The van der Waals surface area contributed by atoms with Gasteiger partial charge in [-0.1, -0.05) is 36.4 Å². The maximum atomic E-state index is 10.4. The molecule has 3 N–H and O–H groups in total. The summed E-state index contributed by atoms with van der Waals surface area (Å²) >= 11 is 0. The molecule has 0 bridgehead atoms. The van der Waals surface area contributed by atoms with Gasteiger partial charge in [0.1, 0.15) is 11.6 Å². The number of hydrogen-bond donors (Lipinski definition) is 3. The fourth-order valence-corrected chi connectivity index (χ4v) is 2.57. The van der Waals surface area contributed by atoms with E-state index in [1.54, 1.807) is 6.20 Å². The highest BCUT2D eigenvalue weighted by atomic mass is 16.3. The van der Waals surface area contributed by atoms with Gasteiger partial charge in [0.05, 0.1) is 0 Å². The van der Waals surface area contributed by atoms with E-state index >= 15 is 0 Å². The van der Waals surface area contributed by atoms with Gasteiger partial charge in [-0.2, -0.15) is 0 Å². The van der Waals surface area contributed by atoms with Crippen LogP contribution in [0.1, 0.15) is 24.4 Å². The standard InChI is InChI=1S/C17H19N3O/c1-12(18-9-8-16-19-10-11-20-16)14-7-6-13-4-2-3-5-15(13)17(14)21/h2-7,10-12,18,21H,8-9H2,1H3,(H,19,20). The highest BCUT2D eigenvalue weighted by Crippen LogP contribution is 2.32. The summed E-state index contributed by atoms with van der Waals surface area (Å²) in [6.45, 7) is 2.87. The van der Waals surface area contributed by atoms with Gasteiger partial charge in [-0.05, 0) is 12.3 Å². The van der Waals surface area contributed by atoms with Gasteiger partial charge < -0.3 is 15.4 Å². The number of phenolic OH excluding ortho intramolecular Hbond substituents is 1. The van der Waals surface area contributed by atoms with Crippen LogP contribution in [0.25, 0.3) is 10.8 Å². The maximum Gasteiger partial charge on any atom is 0.128 e. The molecule has 0 saturated carbocycles. The van der Waals surface area contributed by atoms with Gasteiger partial charge in [-0.3, -0.25) is 0 Å². The second-order valence-corrected chi connectivity index (χ2v) is 5.19. The highest BCUT2D eigenvalue weighted by molar-refractivity contribution is 5.89. The van der Waals surface area contributed by atoms with E-state index in [9.17, 15) is 5.11 Å². The summed E-state index contributed by atoms with van der Waals surface area (Å²) in [5.41, 5.74) is 0.924. The Hall–Kier alpha value is -2.33. The Morgan fingerprint density at radius 3 is 2.90 bits per heavy atom. The molecule has 0 saturated heterocycles. The minimum Gasteiger partial charge on any atom is -0.507 e. The molecule has 4 nitrogen and oxygen atoms in total. The minimum absolute atomic E-state index is 0.0876. The Bertz CT molecular complexity index is 722. The summed E-state index contributed by atoms with van der Waals surface area (Å²) in [7, 11) is 0. The summed E-state index contributed by atoms with van der Waals surface area (Å²) in [6.07, 6.45) is 4.42. The minimum atomic E-state index is 0.0876. The number of aromatic hydroxyl groups is 1. The lowest BCUT2D eigenvalue weighted by atomic mass is 10.0. The van der Waals surface area contributed by atoms with Crippen LogP contribution in [-0.2, 0) is 6.42 Å². The number of H-pyrrole nitrogens is 1. The predicted molar refractivity (Wildman–Crippen MR) is 84.3 cm³/mol. The van der Waals surface area contributed by atoms with E-state index in [-0.39, 0.29) is 6.04 Å². The van der Waals surface area contributed by atoms with E-state index in [0.717, 1.165) is 35.1 Å². The predicted octanol–water partition coefficient (Wildman–Crippen LogP) is 3.16. The Kier molecular flexibility index (Phi) is 3.88. The maximum absolute atomic E-state index is 10.4. The molecule has 0 spiro atoms. The number of imidazole rings is 1. The number of nitrogens with one attached hydrogen (secondary N) is 2. The Morgan fingerprint density at radius 1 is 1.24 bits per heavy atom. The second-order valence-electron chi connectivity index (χ2n) is 5.19. The lowest BCUT2D eigenvalue weighted by Gasteiger charge is -2.16. The van der Waals surface area contributed by atoms with Crippen LogP contribution in [0.3, 0.4) is 0 Å². The number of rotatable bonds is 5. The highest BCUT2D eigenvalue weighted by Gasteiger charge is 2.12. The molecule has 3 rings (SSSR count). The summed E-state index contributed by atoms with van der Waals surface area (Å²) < 4.78 is 0. The zero-order chi connectivity index (χ0) is 14.7. The molecule has 1 atom stereocenters. The molecule has 2 aromatic carbocycles. The van der Waals surface area contributed by atoms with E-state index in [2.05, 4.69) is 28.3 Å². The van der Waals surface area contributed by atoms with E-state index in [1.807, 2.05) is 36.5 Å². The zero-order valence-corrected chi connectivity index (χ0v) is 12.0. The van der Waals surface area contributed by atoms with Crippen molar-refractivity contribution >= 4 is 10.8 Å². The van der Waals surface area contributed by atoms with Crippen LogP contribution in [0.15, 0.2) is 48.8 Å². The van der Waals surface area contributed by atoms with Crippen molar-refractivity contribution in [1.82, 2.24) is 15.3 Å². The average molecular weight is 281 g/mol. The third-order valence-corrected chi connectivity index (χ3v) is 3.77. The summed E-state index contributed by atoms with van der Waals surface area (Å²) in [5, 5.41) is 15.8. The Morgan fingerprint density at radius 2 is 2.10 bits per heavy atom. The smallest absolute Gasteiger partial charge is 0.128 e. The van der Waals surface area contributed by atoms with Crippen LogP contribution in [0, 0.1) is 0 Å². The molecule has 21 heavy (non-hydrogen) atoms. The second kappa shape index (κ2) is 5.97. The van der Waals surface area contributed by atoms with Crippen molar-refractivity contribution in [3.8, 4) is 5.75 Å². The topological polar surface area (TPSA) is 60.9 Å². The van der Waals surface area contributed by atoms with Gasteiger partial charge in [0.15, 0.2) is 0 Å². The molecule has 1 aromatic heterocycles. The Balaban J connectivity index is 1.72. The van der Waals surface area contributed by atoms with Gasteiger partial charge in [0.2, 0.25) is 0 Å². The van der Waals surface area contributed by atoms with Crippen molar-refractivity contribution in [3.05, 3.63) is 60.2 Å². The molecule has 108 valence electrons. The summed E-state index contributed by atoms with van der Waals surface area (Å²) in [5.74, 6) is 1.34. The first-order chi connectivity index (χ1) is 10.3. The van der Waals surface area contributed by atoms with Crippen LogP contribution < -0.4 is 5.32 Å². The lowest BCUT2D eigenvalue weighted by Crippen LogP contribution is -2.21. The molecule has 0 aliphatic carbocycles. The van der Waals surface area contributed by atoms with Gasteiger partial charge in [0, 0.05) is 42.4 Å². The number of hydrogen-bond acceptors (Lipinski definition) is 3. The molecule has 4 heteroatoms. The third kappa shape index (κ3) is 2.90. The quantitative estimate of drug-likeness (QED) is 0.673. The van der Waals surface area contributed by atoms with Crippen LogP contribution in [0.4, 0.5) is 0 Å². The average Bonchev–Trinajstić information content (AvgIpc) is 3.01. The van der Waals surface area contributed by atoms with Crippen LogP contribution in [0.5, 0.6) is 5.75 Å². The first-order valence-electron chi connectivity index (χ1n) is 7.18. The van der Waals surface area contributed by atoms with Gasteiger partial charge in [0.25, 0.3) is 0 Å². The van der Waals surface area contributed by atoms with Crippen molar-refractivity contribution in [2.24, 2.45) is 0 Å². The molecular weight excluding hydrogens is 262 g/mol. The van der Waals surface area contributed by atoms with E-state index in [1.165, 1.54) is 0 Å². The molecule has 0 aliphatic heterocycles. The van der Waals surface area contributed by atoms with E-state index < -0.39 is 0 Å². The number of phenols is 1. The number of aromatic nitrogens is 2. The lowest BCUT2D eigenvalue weighted by molar-refractivity contribution is 0.459. The molecule has 0 aliphatic rings. The summed E-state index contributed by atoms with van der Waals surface area (Å²) in [4.78, 5) is 7.29. The molecular formula is C17H19N3O. The van der Waals surface area contributed by atoms with E-state index in [0.29, 0.717) is 5.75 Å². The number of fused-ring (bicyclic) bond motifs is 1. The van der Waals surface area contributed by atoms with Crippen molar-refractivity contribution < 1.29 is 5.11 Å². The monoisotopic (exact) mass is 281 g/mol. The zero-order valence-electron chi connectivity index (χ0n) is 12.0. The molecule has 1 unspecified atom stereocenters. The van der Waals surface area contributed by atoms with Crippen molar-refractivity contribution in [2.45, 2.75) is 19.4 Å². The first-order valence-corrected chi connectivity index (χ1v) is 7.18. The van der Waals surface area contributed by atoms with E-state index in [4.69, 9.17) is 0 Å². The molecule has 0 amide bonds. The third-order valence-electron chi connectivity index (χ3n) is 3.77. The number of aromatic amines is 1. The molecule has 3 aromatic rings. The van der Waals surface area contributed by atoms with Crippen LogP contribution in [0.2, 0.25) is 0 Å². The van der Waals surface area contributed by atoms with Crippen LogP contribution >= 0.6 is 0 Å². The van der Waals surface area contributed by atoms with Crippen molar-refractivity contribution in [1.29, 1.82) is 0 Å². The normalized spacial score (nSPS) is 12.6. The van der Waals surface area contributed by atoms with Crippen LogP contribution in [-0.4, -0.2) is 21.6 Å². The van der Waals surface area contributed by atoms with Gasteiger partial charge in [-0.25, -0.2) is 4.98 Å². The molecule has 1 heterocycles. The van der Waals surface area contributed by atoms with Gasteiger partial charge in [-0.15, -0.1) is 0 Å².